The van der Waals surface area contributed by atoms with Crippen molar-refractivity contribution in [2.75, 3.05) is 38.0 Å². The quantitative estimate of drug-likeness (QED) is 0.173. The molecule has 2 nitrogen and oxygen atoms in total. The third kappa shape index (κ3) is 6.87. The molecule has 0 aromatic heterocycles. The molecule has 0 saturated carbocycles. The fourth-order valence-corrected chi connectivity index (χ4v) is 8.08. The fourth-order valence-electron chi connectivity index (χ4n) is 8.08. The van der Waals surface area contributed by atoms with E-state index in [0.717, 1.165) is 0 Å². The second kappa shape index (κ2) is 14.9. The van der Waals surface area contributed by atoms with Gasteiger partial charge in [0.1, 0.15) is 0 Å². The van der Waals surface area contributed by atoms with Crippen molar-refractivity contribution in [3.63, 3.8) is 0 Å². The van der Waals surface area contributed by atoms with E-state index in [4.69, 9.17) is 0 Å². The molecule has 264 valence electrons. The molecule has 0 aliphatic heterocycles. The van der Waals surface area contributed by atoms with Crippen molar-refractivity contribution in [1.29, 1.82) is 0 Å². The average Bonchev–Trinajstić information content (AvgIpc) is 3.09. The molecule has 0 spiro atoms. The Morgan fingerprint density at radius 1 is 0.300 bits per heavy atom. The third-order valence-electron chi connectivity index (χ3n) is 12.1. The maximum absolute atomic E-state index is 2.34. The molecule has 0 unspecified atom stereocenters. The van der Waals surface area contributed by atoms with Crippen LogP contribution in [-0.4, -0.2) is 28.2 Å². The van der Waals surface area contributed by atoms with E-state index in [-0.39, 0.29) is 0 Å². The number of benzene rings is 4. The molecule has 0 N–H and O–H groups in total. The number of allylic oxidation sites excluding steroid dienone is 6. The lowest BCUT2D eigenvalue weighted by atomic mass is 9.78. The zero-order valence-corrected chi connectivity index (χ0v) is 34.5. The molecule has 0 radical (unpaired) electrons. The standard InChI is InChI=1S/C48H62N2/c1-27(41-19-23-43(24-20-41)49(15)16)29(3)45-31(5)35(9)47(36(10)32(45)6)39(13)40(14)48-37(11)33(7)46(34(8)38(48)12)30(4)28(2)42-21-25-44(26-22-42)50(17)18/h19-26H,1-18H3. The second-order valence-corrected chi connectivity index (χ2v) is 15.1. The third-order valence-corrected chi connectivity index (χ3v) is 12.1. The Labute approximate surface area is 305 Å². The van der Waals surface area contributed by atoms with Crippen LogP contribution in [0.5, 0.6) is 0 Å². The molecular weight excluding hydrogens is 605 g/mol. The summed E-state index contributed by atoms with van der Waals surface area (Å²) in [6, 6.07) is 17.9. The fraction of sp³-hybridized carbons (Fsp3) is 0.375. The highest BCUT2D eigenvalue weighted by Gasteiger charge is 2.23. The van der Waals surface area contributed by atoms with Gasteiger partial charge in [0.25, 0.3) is 0 Å². The lowest BCUT2D eigenvalue weighted by molar-refractivity contribution is 1.13. The molecule has 0 heterocycles. The first-order valence-corrected chi connectivity index (χ1v) is 18.1. The summed E-state index contributed by atoms with van der Waals surface area (Å²) in [6.07, 6.45) is 0. The van der Waals surface area contributed by atoms with Crippen LogP contribution in [0.3, 0.4) is 0 Å². The van der Waals surface area contributed by atoms with E-state index in [1.807, 2.05) is 0 Å². The summed E-state index contributed by atoms with van der Waals surface area (Å²) >= 11 is 0. The molecule has 0 atom stereocenters. The van der Waals surface area contributed by atoms with Gasteiger partial charge in [-0.1, -0.05) is 24.3 Å². The van der Waals surface area contributed by atoms with Gasteiger partial charge in [-0.15, -0.1) is 0 Å². The maximum atomic E-state index is 2.34. The average molecular weight is 667 g/mol. The van der Waals surface area contributed by atoms with E-state index >= 15 is 0 Å². The van der Waals surface area contributed by atoms with Gasteiger partial charge < -0.3 is 9.80 Å². The summed E-state index contributed by atoms with van der Waals surface area (Å²) in [5.41, 5.74) is 29.7. The molecule has 2 heteroatoms. The molecular formula is C48H62N2. The predicted octanol–water partition coefficient (Wildman–Crippen LogP) is 13.1. The molecule has 0 amide bonds. The number of hydrogen-bond acceptors (Lipinski definition) is 2. The lowest BCUT2D eigenvalue weighted by Crippen LogP contribution is -2.08. The van der Waals surface area contributed by atoms with Crippen LogP contribution >= 0.6 is 0 Å². The van der Waals surface area contributed by atoms with Gasteiger partial charge in [0.2, 0.25) is 0 Å². The van der Waals surface area contributed by atoms with Gasteiger partial charge in [0.15, 0.2) is 0 Å². The summed E-state index contributed by atoms with van der Waals surface area (Å²) in [6.45, 7) is 32.4. The summed E-state index contributed by atoms with van der Waals surface area (Å²) in [7, 11) is 8.36. The Morgan fingerprint density at radius 3 is 0.660 bits per heavy atom. The normalized spacial score (nSPS) is 13.2. The highest BCUT2D eigenvalue weighted by Crippen LogP contribution is 2.43. The van der Waals surface area contributed by atoms with E-state index in [1.165, 1.54) is 123 Å². The molecule has 4 rings (SSSR count). The van der Waals surface area contributed by atoms with Crippen molar-refractivity contribution in [2.24, 2.45) is 0 Å². The highest BCUT2D eigenvalue weighted by molar-refractivity contribution is 5.98. The van der Waals surface area contributed by atoms with Crippen LogP contribution in [-0.2, 0) is 0 Å². The van der Waals surface area contributed by atoms with Crippen LogP contribution in [0.1, 0.15) is 119 Å². The van der Waals surface area contributed by atoms with Crippen molar-refractivity contribution >= 4 is 44.8 Å². The minimum atomic E-state index is 1.22. The first kappa shape index (κ1) is 38.5. The van der Waals surface area contributed by atoms with Crippen molar-refractivity contribution in [3.05, 3.63) is 126 Å². The molecule has 4 aromatic carbocycles. The maximum Gasteiger partial charge on any atom is 0.0361 e. The van der Waals surface area contributed by atoms with Gasteiger partial charge in [-0.05, 0) is 233 Å². The Morgan fingerprint density at radius 2 is 0.480 bits per heavy atom. The van der Waals surface area contributed by atoms with Gasteiger partial charge >= 0.3 is 0 Å². The van der Waals surface area contributed by atoms with Crippen molar-refractivity contribution in [2.45, 2.75) is 96.9 Å². The minimum Gasteiger partial charge on any atom is -0.378 e. The highest BCUT2D eigenvalue weighted by atomic mass is 15.1. The second-order valence-electron chi connectivity index (χ2n) is 15.1. The largest absolute Gasteiger partial charge is 0.378 e. The van der Waals surface area contributed by atoms with Crippen molar-refractivity contribution < 1.29 is 0 Å². The van der Waals surface area contributed by atoms with E-state index in [2.05, 4.69) is 183 Å². The lowest BCUT2D eigenvalue weighted by Gasteiger charge is -2.26. The van der Waals surface area contributed by atoms with Crippen molar-refractivity contribution in [1.82, 2.24) is 0 Å². The summed E-state index contributed by atoms with van der Waals surface area (Å²) in [5, 5.41) is 0. The summed E-state index contributed by atoms with van der Waals surface area (Å²) < 4.78 is 0. The number of anilines is 2. The SMILES string of the molecule is CC(=C(C)c1c(C)c(C)c(C(C)=C(C)c2c(C)c(C)c(C(C)=C(C)c3ccc(N(C)C)cc3)c(C)c2C)c(C)c1C)c1ccc(N(C)C)cc1. The monoisotopic (exact) mass is 666 g/mol. The van der Waals surface area contributed by atoms with Gasteiger partial charge in [-0.3, -0.25) is 0 Å². The Kier molecular flexibility index (Phi) is 11.5. The van der Waals surface area contributed by atoms with Crippen LogP contribution in [0, 0.1) is 55.4 Å². The summed E-state index contributed by atoms with van der Waals surface area (Å²) in [4.78, 5) is 4.30. The zero-order chi connectivity index (χ0) is 37.5. The smallest absolute Gasteiger partial charge is 0.0361 e. The summed E-state index contributed by atoms with van der Waals surface area (Å²) in [5.74, 6) is 0. The topological polar surface area (TPSA) is 6.48 Å². The van der Waals surface area contributed by atoms with Crippen LogP contribution in [0.4, 0.5) is 11.4 Å². The molecule has 0 saturated heterocycles. The van der Waals surface area contributed by atoms with Gasteiger partial charge in [-0.2, -0.15) is 0 Å². The number of nitrogens with zero attached hydrogens (tertiary/aromatic N) is 2. The molecule has 0 aliphatic carbocycles. The number of rotatable bonds is 8. The molecule has 0 aliphatic rings. The first-order chi connectivity index (χ1) is 23.3. The minimum absolute atomic E-state index is 1.22. The van der Waals surface area contributed by atoms with Crippen LogP contribution < -0.4 is 9.80 Å². The zero-order valence-electron chi connectivity index (χ0n) is 34.5. The van der Waals surface area contributed by atoms with Gasteiger partial charge in [0.05, 0.1) is 0 Å². The van der Waals surface area contributed by atoms with Crippen LogP contribution in [0.2, 0.25) is 0 Å². The van der Waals surface area contributed by atoms with Gasteiger partial charge in [-0.25, -0.2) is 0 Å². The van der Waals surface area contributed by atoms with E-state index in [1.54, 1.807) is 0 Å². The Bertz CT molecular complexity index is 1830. The Balaban J connectivity index is 1.86. The van der Waals surface area contributed by atoms with Crippen molar-refractivity contribution in [3.8, 4) is 0 Å². The predicted molar refractivity (Wildman–Crippen MR) is 227 cm³/mol. The van der Waals surface area contributed by atoms with E-state index in [0.29, 0.717) is 0 Å². The molecule has 0 bridgehead atoms. The molecule has 4 aromatic rings. The van der Waals surface area contributed by atoms with Crippen LogP contribution in [0.25, 0.3) is 33.4 Å². The van der Waals surface area contributed by atoms with E-state index in [9.17, 15) is 0 Å². The van der Waals surface area contributed by atoms with Crippen LogP contribution in [0.15, 0.2) is 48.5 Å². The van der Waals surface area contributed by atoms with E-state index < -0.39 is 0 Å². The first-order valence-electron chi connectivity index (χ1n) is 18.1. The number of hydrogen-bond donors (Lipinski definition) is 0. The molecule has 50 heavy (non-hydrogen) atoms. The Hall–Kier alpha value is -4.30. The molecule has 0 fully saturated rings. The van der Waals surface area contributed by atoms with Gasteiger partial charge in [0, 0.05) is 39.6 Å².